The van der Waals surface area contributed by atoms with Crippen LogP contribution in [-0.2, 0) is 38.9 Å². The van der Waals surface area contributed by atoms with E-state index in [9.17, 15) is 19.8 Å². The fourth-order valence-corrected chi connectivity index (χ4v) is 4.96. The molecule has 39 heavy (non-hydrogen) atoms. The second-order valence-electron chi connectivity index (χ2n) is 9.84. The van der Waals surface area contributed by atoms with Crippen LogP contribution in [0, 0.1) is 27.7 Å². The molecule has 5 rings (SSSR count). The molecule has 5 heterocycles. The number of carboxylic acids is 2. The molecule has 4 aromatic heterocycles. The zero-order valence-electron chi connectivity index (χ0n) is 22.1. The topological polar surface area (TPSA) is 131 Å². The number of aryl methyl sites for hydroxylation is 2. The summed E-state index contributed by atoms with van der Waals surface area (Å²) in [5.74, 6) is -1.76. The number of carboxylic acid groups (broad SMARTS) is 2. The van der Waals surface area contributed by atoms with Crippen LogP contribution >= 0.6 is 0 Å². The third kappa shape index (κ3) is 5.74. The number of hydrogen-bond donors (Lipinski definition) is 2. The van der Waals surface area contributed by atoms with Crippen molar-refractivity contribution in [3.63, 3.8) is 0 Å². The first kappa shape index (κ1) is 28.1. The summed E-state index contributed by atoms with van der Waals surface area (Å²) in [4.78, 5) is 42.2. The molecule has 0 saturated heterocycles. The summed E-state index contributed by atoms with van der Waals surface area (Å²) < 4.78 is 0. The number of aliphatic carboxylic acids is 2. The van der Waals surface area contributed by atoms with Crippen molar-refractivity contribution in [3.05, 3.63) is 89.7 Å². The van der Waals surface area contributed by atoms with Crippen LogP contribution in [0.5, 0.6) is 0 Å². The minimum atomic E-state index is -0.882. The predicted molar refractivity (Wildman–Crippen MR) is 143 cm³/mol. The Morgan fingerprint density at radius 3 is 2.00 bits per heavy atom. The Kier molecular flexibility index (Phi) is 7.93. The summed E-state index contributed by atoms with van der Waals surface area (Å²) in [5, 5.41) is 21.7. The van der Waals surface area contributed by atoms with E-state index in [-0.39, 0.29) is 29.3 Å². The van der Waals surface area contributed by atoms with Gasteiger partial charge in [-0.1, -0.05) is 69.8 Å². The van der Waals surface area contributed by atoms with E-state index in [1.807, 2.05) is 64.1 Å². The van der Waals surface area contributed by atoms with Crippen molar-refractivity contribution in [2.75, 3.05) is 0 Å². The summed E-state index contributed by atoms with van der Waals surface area (Å²) in [6, 6.07) is 4.01. The van der Waals surface area contributed by atoms with Crippen LogP contribution in [0.15, 0.2) is 12.1 Å². The number of fused-ring (bicyclic) bond motifs is 8. The first-order valence-electron chi connectivity index (χ1n) is 12.5. The minimum absolute atomic E-state index is 0. The van der Waals surface area contributed by atoms with Crippen LogP contribution in [0.2, 0.25) is 0 Å². The van der Waals surface area contributed by atoms with Crippen molar-refractivity contribution >= 4 is 36.2 Å². The molecular formula is C30H28N4NiO4-4. The Balaban J connectivity index is 0.00000353. The molecule has 0 aliphatic carbocycles. The maximum atomic E-state index is 11.4. The fraction of sp³-hybridized carbons (Fsp3) is 0.267. The first-order valence-corrected chi connectivity index (χ1v) is 12.5. The summed E-state index contributed by atoms with van der Waals surface area (Å²) in [6.45, 7) is 7.89. The second kappa shape index (κ2) is 11.0. The SMILES string of the molecule is Cc1cc2[n-]c1/C=c1\[n-]/c(c(CCC(=O)O)c1C)=C\c1[n-]c(c(C)c1CCC(=O)O)/C=c1/cc(C)/c([n-]1)=C/2.[Ni]. The van der Waals surface area contributed by atoms with Gasteiger partial charge >= 0.3 is 11.9 Å². The largest absolute Gasteiger partial charge is 0.658 e. The van der Waals surface area contributed by atoms with Crippen LogP contribution in [0.4, 0.5) is 0 Å². The number of hydrogen-bond acceptors (Lipinski definition) is 2. The van der Waals surface area contributed by atoms with Crippen molar-refractivity contribution < 1.29 is 36.3 Å². The Morgan fingerprint density at radius 1 is 0.641 bits per heavy atom. The van der Waals surface area contributed by atoms with Crippen LogP contribution in [-0.4, -0.2) is 22.2 Å². The molecule has 0 spiro atoms. The summed E-state index contributed by atoms with van der Waals surface area (Å²) >= 11 is 0. The third-order valence-electron chi connectivity index (χ3n) is 7.10. The van der Waals surface area contributed by atoms with E-state index in [0.29, 0.717) is 23.9 Å². The van der Waals surface area contributed by atoms with E-state index < -0.39 is 11.9 Å². The van der Waals surface area contributed by atoms with Gasteiger partial charge in [0, 0.05) is 29.3 Å². The molecule has 0 aromatic carbocycles. The number of nitrogens with zero attached hydrogens (tertiary/aromatic N) is 4. The molecule has 4 aromatic rings. The molecular weight excluding hydrogens is 539 g/mol. The van der Waals surface area contributed by atoms with Gasteiger partial charge in [-0.15, -0.1) is 44.2 Å². The zero-order valence-corrected chi connectivity index (χ0v) is 23.1. The normalized spacial score (nSPS) is 15.5. The van der Waals surface area contributed by atoms with E-state index >= 15 is 0 Å². The van der Waals surface area contributed by atoms with E-state index in [0.717, 1.165) is 66.5 Å². The number of aromatic nitrogens is 4. The molecule has 206 valence electrons. The quantitative estimate of drug-likeness (QED) is 0.283. The van der Waals surface area contributed by atoms with Crippen molar-refractivity contribution in [1.82, 2.24) is 19.9 Å². The standard InChI is InChI=1S/C30H28N4O4.Ni/c1-15-9-20-12-25-17(3)21(5-7-29(35)36)27(33-25)14-28-22(6-8-30(37)38)18(4)26(34-28)13-24-16(2)10-19(32-24)11-23(15)31-20;/h9-14H,5-8H2,1-4H3,(H,35,36)(H,37,38);/q-4;/b19-11?,20-12-,23-11-,24-13?,25-12?,26-13-,27-14?,28-14-;. The first-order chi connectivity index (χ1) is 18.1. The molecule has 0 amide bonds. The van der Waals surface area contributed by atoms with Crippen molar-refractivity contribution in [2.24, 2.45) is 0 Å². The van der Waals surface area contributed by atoms with Crippen molar-refractivity contribution in [3.8, 4) is 0 Å². The molecule has 9 heteroatoms. The second-order valence-corrected chi connectivity index (χ2v) is 9.84. The fourth-order valence-electron chi connectivity index (χ4n) is 4.96. The molecule has 0 fully saturated rings. The van der Waals surface area contributed by atoms with E-state index in [1.54, 1.807) is 0 Å². The van der Waals surface area contributed by atoms with Gasteiger partial charge in [0.1, 0.15) is 0 Å². The van der Waals surface area contributed by atoms with E-state index in [1.165, 1.54) is 0 Å². The molecule has 1 aliphatic rings. The summed E-state index contributed by atoms with van der Waals surface area (Å²) in [6.07, 6.45) is 8.25. The van der Waals surface area contributed by atoms with Gasteiger partial charge in [-0.3, -0.25) is 9.59 Å². The molecule has 8 bridgehead atoms. The van der Waals surface area contributed by atoms with Gasteiger partial charge in [0.25, 0.3) is 0 Å². The maximum Gasteiger partial charge on any atom is 0.303 e. The van der Waals surface area contributed by atoms with Gasteiger partial charge in [-0.2, -0.15) is 0 Å². The molecule has 2 N–H and O–H groups in total. The van der Waals surface area contributed by atoms with Crippen LogP contribution < -0.4 is 41.3 Å². The van der Waals surface area contributed by atoms with Crippen LogP contribution in [0.1, 0.15) is 69.0 Å². The smallest absolute Gasteiger partial charge is 0.303 e. The predicted octanol–water partition coefficient (Wildman–Crippen LogP) is 0.410. The van der Waals surface area contributed by atoms with E-state index in [2.05, 4.69) is 0 Å². The van der Waals surface area contributed by atoms with Crippen LogP contribution in [0.3, 0.4) is 0 Å². The zero-order chi connectivity index (χ0) is 27.1. The van der Waals surface area contributed by atoms with Gasteiger partial charge in [0.2, 0.25) is 0 Å². The molecule has 0 unspecified atom stereocenters. The molecule has 0 radical (unpaired) electrons. The third-order valence-corrected chi connectivity index (χ3v) is 7.10. The van der Waals surface area contributed by atoms with E-state index in [4.69, 9.17) is 19.9 Å². The van der Waals surface area contributed by atoms with Gasteiger partial charge in [0.05, 0.1) is 0 Å². The average Bonchev–Trinajstić information content (AvgIpc) is 3.53. The molecule has 0 saturated carbocycles. The average molecular weight is 567 g/mol. The Morgan fingerprint density at radius 2 is 1.31 bits per heavy atom. The Labute approximate surface area is 235 Å². The summed E-state index contributed by atoms with van der Waals surface area (Å²) in [7, 11) is 0. The van der Waals surface area contributed by atoms with Crippen LogP contribution in [0.25, 0.3) is 24.3 Å². The molecule has 1 aliphatic heterocycles. The Bertz CT molecular complexity index is 1830. The maximum absolute atomic E-state index is 11.4. The molecule has 0 atom stereocenters. The van der Waals surface area contributed by atoms with Gasteiger partial charge in [-0.25, -0.2) is 0 Å². The van der Waals surface area contributed by atoms with Gasteiger partial charge in [-0.05, 0) is 40.5 Å². The van der Waals surface area contributed by atoms with Crippen molar-refractivity contribution in [2.45, 2.75) is 53.4 Å². The monoisotopic (exact) mass is 566 g/mol. The summed E-state index contributed by atoms with van der Waals surface area (Å²) in [5.41, 5.74) is 8.46. The Hall–Kier alpha value is -3.97. The molecule has 8 nitrogen and oxygen atoms in total. The number of rotatable bonds is 6. The number of carbonyl (C=O) groups is 2. The van der Waals surface area contributed by atoms with Gasteiger partial charge < -0.3 is 30.1 Å². The van der Waals surface area contributed by atoms with Gasteiger partial charge in [0.15, 0.2) is 0 Å². The minimum Gasteiger partial charge on any atom is -0.658 e. The van der Waals surface area contributed by atoms with Crippen molar-refractivity contribution in [1.29, 1.82) is 0 Å².